The van der Waals surface area contributed by atoms with E-state index >= 15 is 0 Å². The first kappa shape index (κ1) is 13.2. The van der Waals surface area contributed by atoms with Crippen LogP contribution in [0.4, 0.5) is 0 Å². The Hall–Kier alpha value is -0.220. The van der Waals surface area contributed by atoms with E-state index in [0.717, 1.165) is 41.7 Å². The maximum absolute atomic E-state index is 6.21. The summed E-state index contributed by atoms with van der Waals surface area (Å²) in [4.78, 5) is 0. The molecule has 5 heteroatoms. The number of halogens is 2. The Kier molecular flexibility index (Phi) is 4.74. The molecule has 1 atom stereocenters. The van der Waals surface area contributed by atoms with E-state index in [1.54, 1.807) is 0 Å². The molecule has 0 amide bonds. The number of hydrogen-bond acceptors (Lipinski definition) is 3. The van der Waals surface area contributed by atoms with Gasteiger partial charge in [-0.25, -0.2) is 0 Å². The molecular formula is C12H15Cl2NOS. The molecule has 0 spiro atoms. The minimum Gasteiger partial charge on any atom is -0.496 e. The second-order valence-corrected chi connectivity index (χ2v) is 6.20. The highest BCUT2D eigenvalue weighted by Gasteiger charge is 2.24. The molecule has 1 aromatic rings. The van der Waals surface area contributed by atoms with Crippen molar-refractivity contribution in [3.8, 4) is 0 Å². The maximum Gasteiger partial charge on any atom is 0.114 e. The maximum atomic E-state index is 6.21. The number of rotatable bonds is 5. The summed E-state index contributed by atoms with van der Waals surface area (Å²) in [5, 5.41) is 3.45. The third kappa shape index (κ3) is 3.16. The highest BCUT2D eigenvalue weighted by atomic mass is 35.5. The van der Waals surface area contributed by atoms with Gasteiger partial charge in [-0.2, -0.15) is 0 Å². The van der Waals surface area contributed by atoms with Crippen molar-refractivity contribution in [3.05, 3.63) is 32.1 Å². The molecule has 1 unspecified atom stereocenters. The summed E-state index contributed by atoms with van der Waals surface area (Å²) in [6, 6.07) is 1.96. The molecule has 1 aliphatic heterocycles. The van der Waals surface area contributed by atoms with Crippen molar-refractivity contribution in [1.82, 2.24) is 5.32 Å². The van der Waals surface area contributed by atoms with Gasteiger partial charge in [-0.1, -0.05) is 30.1 Å². The molecule has 0 radical (unpaired) electrons. The summed E-state index contributed by atoms with van der Waals surface area (Å²) in [7, 11) is 0. The second-order valence-electron chi connectivity index (χ2n) is 3.91. The molecule has 2 nitrogen and oxygen atoms in total. The van der Waals surface area contributed by atoms with Crippen LogP contribution >= 0.6 is 34.5 Å². The van der Waals surface area contributed by atoms with E-state index in [-0.39, 0.29) is 6.04 Å². The molecule has 2 heterocycles. The Morgan fingerprint density at radius 1 is 1.53 bits per heavy atom. The molecule has 1 aliphatic rings. The van der Waals surface area contributed by atoms with Crippen molar-refractivity contribution in [1.29, 1.82) is 0 Å². The van der Waals surface area contributed by atoms with Crippen LogP contribution in [0.1, 0.15) is 31.4 Å². The number of thiophene rings is 1. The monoisotopic (exact) mass is 291 g/mol. The van der Waals surface area contributed by atoms with Gasteiger partial charge >= 0.3 is 0 Å². The molecule has 0 aromatic carbocycles. The van der Waals surface area contributed by atoms with E-state index in [2.05, 4.69) is 18.3 Å². The van der Waals surface area contributed by atoms with Crippen LogP contribution in [0.15, 0.2) is 17.9 Å². The van der Waals surface area contributed by atoms with Gasteiger partial charge in [0.05, 0.1) is 21.3 Å². The molecule has 0 saturated carbocycles. The first-order chi connectivity index (χ1) is 8.22. The van der Waals surface area contributed by atoms with Gasteiger partial charge in [-0.15, -0.1) is 11.3 Å². The predicted octanol–water partition coefficient (Wildman–Crippen LogP) is 4.40. The van der Waals surface area contributed by atoms with Gasteiger partial charge in [0.2, 0.25) is 0 Å². The van der Waals surface area contributed by atoms with Crippen LogP contribution in [0.25, 0.3) is 0 Å². The summed E-state index contributed by atoms with van der Waals surface area (Å²) in [6.07, 6.45) is 4.16. The topological polar surface area (TPSA) is 21.3 Å². The van der Waals surface area contributed by atoms with E-state index in [4.69, 9.17) is 27.9 Å². The fraction of sp³-hybridized carbons (Fsp3) is 0.500. The molecule has 0 aliphatic carbocycles. The van der Waals surface area contributed by atoms with Crippen molar-refractivity contribution in [2.24, 2.45) is 0 Å². The summed E-state index contributed by atoms with van der Waals surface area (Å²) < 4.78 is 7.08. The number of hydrogen-bond donors (Lipinski definition) is 1. The summed E-state index contributed by atoms with van der Waals surface area (Å²) in [6.45, 7) is 3.82. The highest BCUT2D eigenvalue weighted by molar-refractivity contribution is 7.20. The molecular weight excluding hydrogens is 277 g/mol. The van der Waals surface area contributed by atoms with Crippen LogP contribution in [0, 0.1) is 0 Å². The first-order valence-corrected chi connectivity index (χ1v) is 7.30. The lowest BCUT2D eigenvalue weighted by Gasteiger charge is -2.19. The van der Waals surface area contributed by atoms with Gasteiger partial charge in [0.25, 0.3) is 0 Å². The number of ether oxygens (including phenoxy) is 1. The standard InChI is InChI=1S/C12H15Cl2NOS/c1-2-5-15-11(9-4-3-6-16-9)8-7-10(13)17-12(8)14/h4,7,11,15H,2-3,5-6H2,1H3. The Bertz CT molecular complexity index is 417. The zero-order valence-electron chi connectivity index (χ0n) is 9.63. The predicted molar refractivity (Wildman–Crippen MR) is 74.0 cm³/mol. The summed E-state index contributed by atoms with van der Waals surface area (Å²) in [5.41, 5.74) is 1.02. The average molecular weight is 292 g/mol. The van der Waals surface area contributed by atoms with Crippen LogP contribution in [0.5, 0.6) is 0 Å². The quantitative estimate of drug-likeness (QED) is 0.868. The average Bonchev–Trinajstić information content (AvgIpc) is 2.90. The minimum atomic E-state index is 0.0358. The molecule has 17 heavy (non-hydrogen) atoms. The fourth-order valence-electron chi connectivity index (χ4n) is 1.84. The smallest absolute Gasteiger partial charge is 0.114 e. The van der Waals surface area contributed by atoms with Crippen molar-refractivity contribution < 1.29 is 4.74 Å². The lowest BCUT2D eigenvalue weighted by Crippen LogP contribution is -2.24. The Labute approximate surface area is 116 Å². The highest BCUT2D eigenvalue weighted by Crippen LogP contribution is 2.38. The fourth-order valence-corrected chi connectivity index (χ4v) is 3.37. The van der Waals surface area contributed by atoms with Crippen LogP contribution in [0.2, 0.25) is 8.67 Å². The lowest BCUT2D eigenvalue weighted by atomic mass is 10.1. The van der Waals surface area contributed by atoms with Gasteiger partial charge < -0.3 is 10.1 Å². The van der Waals surface area contributed by atoms with E-state index in [9.17, 15) is 0 Å². The van der Waals surface area contributed by atoms with Gasteiger partial charge in [0.1, 0.15) is 5.76 Å². The van der Waals surface area contributed by atoms with E-state index in [0.29, 0.717) is 4.34 Å². The molecule has 0 saturated heterocycles. The van der Waals surface area contributed by atoms with Crippen LogP contribution in [-0.2, 0) is 4.74 Å². The van der Waals surface area contributed by atoms with Crippen molar-refractivity contribution in [3.63, 3.8) is 0 Å². The van der Waals surface area contributed by atoms with Gasteiger partial charge in [0, 0.05) is 12.0 Å². The van der Waals surface area contributed by atoms with Gasteiger partial charge in [-0.3, -0.25) is 0 Å². The van der Waals surface area contributed by atoms with Crippen molar-refractivity contribution in [2.75, 3.05) is 13.2 Å². The molecule has 0 fully saturated rings. The van der Waals surface area contributed by atoms with Crippen LogP contribution in [0.3, 0.4) is 0 Å². The van der Waals surface area contributed by atoms with Crippen LogP contribution in [-0.4, -0.2) is 13.2 Å². The van der Waals surface area contributed by atoms with E-state index in [1.165, 1.54) is 11.3 Å². The zero-order chi connectivity index (χ0) is 12.3. The Balaban J connectivity index is 2.22. The van der Waals surface area contributed by atoms with Crippen LogP contribution < -0.4 is 5.32 Å². The zero-order valence-corrected chi connectivity index (χ0v) is 12.0. The third-order valence-corrected chi connectivity index (χ3v) is 4.13. The second kappa shape index (κ2) is 6.10. The molecule has 0 bridgehead atoms. The first-order valence-electron chi connectivity index (χ1n) is 5.73. The largest absolute Gasteiger partial charge is 0.496 e. The minimum absolute atomic E-state index is 0.0358. The molecule has 94 valence electrons. The SMILES string of the molecule is CCCNC(C1=CCCO1)c1cc(Cl)sc1Cl. The number of nitrogens with one attached hydrogen (secondary N) is 1. The summed E-state index contributed by atoms with van der Waals surface area (Å²) in [5.74, 6) is 0.967. The van der Waals surface area contributed by atoms with Crippen molar-refractivity contribution >= 4 is 34.5 Å². The van der Waals surface area contributed by atoms with E-state index < -0.39 is 0 Å². The lowest BCUT2D eigenvalue weighted by molar-refractivity contribution is 0.215. The Morgan fingerprint density at radius 2 is 2.35 bits per heavy atom. The summed E-state index contributed by atoms with van der Waals surface area (Å²) >= 11 is 13.6. The Morgan fingerprint density at radius 3 is 2.88 bits per heavy atom. The van der Waals surface area contributed by atoms with Crippen molar-refractivity contribution in [2.45, 2.75) is 25.8 Å². The normalized spacial score (nSPS) is 16.8. The molecule has 1 N–H and O–H groups in total. The van der Waals surface area contributed by atoms with Gasteiger partial charge in [-0.05, 0) is 25.1 Å². The van der Waals surface area contributed by atoms with E-state index in [1.807, 2.05) is 6.07 Å². The third-order valence-electron chi connectivity index (χ3n) is 2.61. The van der Waals surface area contributed by atoms with Gasteiger partial charge in [0.15, 0.2) is 0 Å². The molecule has 2 rings (SSSR count). The molecule has 1 aromatic heterocycles.